The summed E-state index contributed by atoms with van der Waals surface area (Å²) >= 11 is 1.42. The second-order valence-corrected chi connectivity index (χ2v) is 8.30. The molecule has 1 aromatic heterocycles. The van der Waals surface area contributed by atoms with Gasteiger partial charge < -0.3 is 9.88 Å². The standard InChI is InChI=1S/C21H27N5OS/c1-3-12-22-20(27)17(2)28-21-24-23-19(16-25-13-8-5-9-14-25)26(21)15-18-10-6-4-7-11-18/h1,4,6-7,10-11,17H,5,8-9,12-16H2,2H3,(H,22,27). The van der Waals surface area contributed by atoms with Gasteiger partial charge >= 0.3 is 0 Å². The van der Waals surface area contributed by atoms with Gasteiger partial charge in [0, 0.05) is 0 Å². The molecule has 0 spiro atoms. The number of rotatable bonds is 8. The predicted octanol–water partition coefficient (Wildman–Crippen LogP) is 2.54. The molecule has 1 atom stereocenters. The summed E-state index contributed by atoms with van der Waals surface area (Å²) in [5.74, 6) is 3.29. The van der Waals surface area contributed by atoms with Crippen LogP contribution >= 0.6 is 11.8 Å². The van der Waals surface area contributed by atoms with Crippen LogP contribution in [0.2, 0.25) is 0 Å². The van der Waals surface area contributed by atoms with Gasteiger partial charge in [0.05, 0.1) is 24.9 Å². The number of terminal acetylenes is 1. The fourth-order valence-corrected chi connectivity index (χ4v) is 4.15. The quantitative estimate of drug-likeness (QED) is 0.548. The number of aromatic nitrogens is 3. The van der Waals surface area contributed by atoms with Crippen molar-refractivity contribution in [2.24, 2.45) is 0 Å². The molecule has 1 aromatic carbocycles. The van der Waals surface area contributed by atoms with Gasteiger partial charge in [-0.1, -0.05) is 54.4 Å². The van der Waals surface area contributed by atoms with Crippen molar-refractivity contribution < 1.29 is 4.79 Å². The SMILES string of the molecule is C#CCNC(=O)C(C)Sc1nnc(CN2CCCCC2)n1Cc1ccccc1. The largest absolute Gasteiger partial charge is 0.344 e. The normalized spacial score (nSPS) is 15.7. The minimum absolute atomic E-state index is 0.0882. The number of piperidine rings is 1. The molecule has 28 heavy (non-hydrogen) atoms. The molecule has 1 aliphatic heterocycles. The van der Waals surface area contributed by atoms with E-state index < -0.39 is 0 Å². The predicted molar refractivity (Wildman–Crippen MR) is 112 cm³/mol. The molecule has 1 unspecified atom stereocenters. The Morgan fingerprint density at radius 3 is 2.68 bits per heavy atom. The van der Waals surface area contributed by atoms with Gasteiger partial charge in [-0.25, -0.2) is 0 Å². The van der Waals surface area contributed by atoms with Crippen LogP contribution in [0.15, 0.2) is 35.5 Å². The average molecular weight is 398 g/mol. The van der Waals surface area contributed by atoms with E-state index in [0.717, 1.165) is 30.6 Å². The first kappa shape index (κ1) is 20.4. The van der Waals surface area contributed by atoms with Crippen molar-refractivity contribution >= 4 is 17.7 Å². The number of thioether (sulfide) groups is 1. The van der Waals surface area contributed by atoms with Crippen molar-refractivity contribution in [3.05, 3.63) is 41.7 Å². The Morgan fingerprint density at radius 2 is 1.96 bits per heavy atom. The molecule has 1 aliphatic rings. The van der Waals surface area contributed by atoms with Crippen molar-refractivity contribution in [3.8, 4) is 12.3 Å². The number of likely N-dealkylation sites (tertiary alicyclic amines) is 1. The Kier molecular flexibility index (Phi) is 7.52. The Labute approximate surface area is 171 Å². The molecular formula is C21H27N5OS. The third kappa shape index (κ3) is 5.60. The molecule has 3 rings (SSSR count). The number of carbonyl (C=O) groups excluding carboxylic acids is 1. The summed E-state index contributed by atoms with van der Waals surface area (Å²) in [5, 5.41) is 12.1. The fourth-order valence-electron chi connectivity index (χ4n) is 3.26. The maximum Gasteiger partial charge on any atom is 0.234 e. The first-order chi connectivity index (χ1) is 13.7. The van der Waals surface area contributed by atoms with Crippen molar-refractivity contribution in [3.63, 3.8) is 0 Å². The van der Waals surface area contributed by atoms with Crippen molar-refractivity contribution in [2.45, 2.75) is 49.7 Å². The molecule has 1 fully saturated rings. The van der Waals surface area contributed by atoms with Crippen LogP contribution in [0.5, 0.6) is 0 Å². The van der Waals surface area contributed by atoms with Crippen molar-refractivity contribution in [1.82, 2.24) is 25.0 Å². The molecule has 1 amide bonds. The lowest BCUT2D eigenvalue weighted by molar-refractivity contribution is -0.120. The Hall–Kier alpha value is -2.30. The summed E-state index contributed by atoms with van der Waals surface area (Å²) in [6.45, 7) is 5.79. The lowest BCUT2D eigenvalue weighted by atomic mass is 10.1. The Balaban J connectivity index is 1.78. The molecule has 148 valence electrons. The third-order valence-corrected chi connectivity index (χ3v) is 5.89. The third-order valence-electron chi connectivity index (χ3n) is 4.81. The van der Waals surface area contributed by atoms with Crippen LogP contribution in [0.4, 0.5) is 0 Å². The van der Waals surface area contributed by atoms with E-state index in [1.54, 1.807) is 0 Å². The topological polar surface area (TPSA) is 63.1 Å². The molecule has 2 aromatic rings. The summed E-state index contributed by atoms with van der Waals surface area (Å²) in [5.41, 5.74) is 1.19. The van der Waals surface area contributed by atoms with Gasteiger partial charge in [-0.05, 0) is 38.4 Å². The molecule has 6 nitrogen and oxygen atoms in total. The highest BCUT2D eigenvalue weighted by Crippen LogP contribution is 2.24. The van der Waals surface area contributed by atoms with Crippen LogP contribution in [0.3, 0.4) is 0 Å². The van der Waals surface area contributed by atoms with E-state index in [-0.39, 0.29) is 17.7 Å². The second kappa shape index (κ2) is 10.3. The zero-order chi connectivity index (χ0) is 19.8. The van der Waals surface area contributed by atoms with Crippen LogP contribution in [-0.4, -0.2) is 50.5 Å². The molecule has 2 heterocycles. The first-order valence-corrected chi connectivity index (χ1v) is 10.6. The smallest absolute Gasteiger partial charge is 0.234 e. The molecule has 0 saturated carbocycles. The number of benzene rings is 1. The van der Waals surface area contributed by atoms with E-state index in [2.05, 4.69) is 43.0 Å². The lowest BCUT2D eigenvalue weighted by Crippen LogP contribution is -2.31. The summed E-state index contributed by atoms with van der Waals surface area (Å²) in [7, 11) is 0. The van der Waals surface area contributed by atoms with Gasteiger partial charge in [0.1, 0.15) is 5.82 Å². The van der Waals surface area contributed by atoms with Gasteiger partial charge in [-0.3, -0.25) is 9.69 Å². The van der Waals surface area contributed by atoms with Gasteiger partial charge in [0.2, 0.25) is 5.91 Å². The average Bonchev–Trinajstić information content (AvgIpc) is 3.08. The van der Waals surface area contributed by atoms with Crippen LogP contribution in [0.1, 0.15) is 37.6 Å². The summed E-state index contributed by atoms with van der Waals surface area (Å²) in [6.07, 6.45) is 9.01. The summed E-state index contributed by atoms with van der Waals surface area (Å²) < 4.78 is 2.14. The molecule has 1 saturated heterocycles. The fraction of sp³-hybridized carbons (Fsp3) is 0.476. The van der Waals surface area contributed by atoms with Crippen molar-refractivity contribution in [2.75, 3.05) is 19.6 Å². The van der Waals surface area contributed by atoms with Crippen molar-refractivity contribution in [1.29, 1.82) is 0 Å². The monoisotopic (exact) mass is 397 g/mol. The Morgan fingerprint density at radius 1 is 1.21 bits per heavy atom. The summed E-state index contributed by atoms with van der Waals surface area (Å²) in [4.78, 5) is 14.6. The zero-order valence-corrected chi connectivity index (χ0v) is 17.1. The number of amides is 1. The number of carbonyl (C=O) groups is 1. The van der Waals surface area contributed by atoms with E-state index in [0.29, 0.717) is 6.54 Å². The minimum atomic E-state index is -0.296. The van der Waals surface area contributed by atoms with Gasteiger partial charge in [0.25, 0.3) is 0 Å². The van der Waals surface area contributed by atoms with Crippen LogP contribution in [-0.2, 0) is 17.9 Å². The second-order valence-electron chi connectivity index (χ2n) is 6.99. The highest BCUT2D eigenvalue weighted by Gasteiger charge is 2.21. The van der Waals surface area contributed by atoms with E-state index in [9.17, 15) is 4.79 Å². The van der Waals surface area contributed by atoms with Gasteiger partial charge in [-0.2, -0.15) is 0 Å². The molecule has 0 aliphatic carbocycles. The van der Waals surface area contributed by atoms with Crippen LogP contribution < -0.4 is 5.32 Å². The maximum absolute atomic E-state index is 12.2. The summed E-state index contributed by atoms with van der Waals surface area (Å²) in [6, 6.07) is 10.3. The minimum Gasteiger partial charge on any atom is -0.344 e. The highest BCUT2D eigenvalue weighted by molar-refractivity contribution is 8.00. The molecule has 7 heteroatoms. The van der Waals surface area contributed by atoms with E-state index in [4.69, 9.17) is 6.42 Å². The molecule has 0 radical (unpaired) electrons. The van der Waals surface area contributed by atoms with E-state index in [1.165, 1.54) is 36.6 Å². The molecule has 1 N–H and O–H groups in total. The number of hydrogen-bond donors (Lipinski definition) is 1. The maximum atomic E-state index is 12.2. The van der Waals surface area contributed by atoms with Crippen LogP contribution in [0.25, 0.3) is 0 Å². The number of hydrogen-bond acceptors (Lipinski definition) is 5. The van der Waals surface area contributed by atoms with Gasteiger partial charge in [0.15, 0.2) is 5.16 Å². The zero-order valence-electron chi connectivity index (χ0n) is 16.3. The lowest BCUT2D eigenvalue weighted by Gasteiger charge is -2.26. The highest BCUT2D eigenvalue weighted by atomic mass is 32.2. The van der Waals surface area contributed by atoms with E-state index in [1.807, 2.05) is 25.1 Å². The Bertz CT molecular complexity index is 808. The van der Waals surface area contributed by atoms with E-state index >= 15 is 0 Å². The number of nitrogens with zero attached hydrogens (tertiary/aromatic N) is 4. The first-order valence-electron chi connectivity index (χ1n) is 9.73. The number of nitrogens with one attached hydrogen (secondary N) is 1. The molecular weight excluding hydrogens is 370 g/mol. The van der Waals surface area contributed by atoms with Crippen LogP contribution in [0, 0.1) is 12.3 Å². The van der Waals surface area contributed by atoms with Gasteiger partial charge in [-0.15, -0.1) is 16.6 Å². The molecule has 0 bridgehead atoms.